The van der Waals surface area contributed by atoms with Crippen molar-refractivity contribution in [1.29, 1.82) is 0 Å². The number of anilines is 1. The molecule has 0 fully saturated rings. The summed E-state index contributed by atoms with van der Waals surface area (Å²) in [6.45, 7) is 3.01. The van der Waals surface area contributed by atoms with E-state index in [0.717, 1.165) is 42.2 Å². The Hall–Kier alpha value is -3.53. The van der Waals surface area contributed by atoms with Crippen LogP contribution >= 0.6 is 0 Å². The van der Waals surface area contributed by atoms with Gasteiger partial charge in [-0.25, -0.2) is 4.79 Å². The fraction of sp³-hybridized carbons (Fsp3) is 0.192. The number of nitrogens with zero attached hydrogens (tertiary/aromatic N) is 1. The topological polar surface area (TPSA) is 60.8 Å². The number of fused-ring (bicyclic) bond motifs is 1. The minimum Gasteiger partial charge on any atom is -0.508 e. The van der Waals surface area contributed by atoms with Gasteiger partial charge in [-0.05, 0) is 71.0 Å². The number of rotatable bonds is 5. The molecule has 30 heavy (non-hydrogen) atoms. The first-order chi connectivity index (χ1) is 14.5. The molecule has 0 saturated carbocycles. The Balaban J connectivity index is 1.75. The molecule has 152 valence electrons. The van der Waals surface area contributed by atoms with E-state index in [0.29, 0.717) is 5.75 Å². The van der Waals surface area contributed by atoms with Crippen molar-refractivity contribution >= 4 is 17.7 Å². The lowest BCUT2D eigenvalue weighted by atomic mass is 9.87. The van der Waals surface area contributed by atoms with Crippen molar-refractivity contribution in [2.75, 3.05) is 11.4 Å². The zero-order valence-corrected chi connectivity index (χ0v) is 17.0. The Kier molecular flexibility index (Phi) is 5.57. The molecular weight excluding hydrogens is 374 g/mol. The van der Waals surface area contributed by atoms with Crippen molar-refractivity contribution < 1.29 is 15.0 Å². The Labute approximate surface area is 176 Å². The number of aromatic hydroxyl groups is 1. The molecule has 1 heterocycles. The fourth-order valence-corrected chi connectivity index (χ4v) is 4.13. The molecule has 0 radical (unpaired) electrons. The average molecular weight is 399 g/mol. The highest BCUT2D eigenvalue weighted by atomic mass is 16.4. The molecule has 0 aromatic heterocycles. The molecule has 1 atom stereocenters. The van der Waals surface area contributed by atoms with E-state index < -0.39 is 5.97 Å². The third-order valence-electron chi connectivity index (χ3n) is 5.70. The molecule has 1 aliphatic heterocycles. The third-order valence-corrected chi connectivity index (χ3v) is 5.70. The van der Waals surface area contributed by atoms with Gasteiger partial charge in [0.2, 0.25) is 0 Å². The van der Waals surface area contributed by atoms with E-state index in [4.69, 9.17) is 5.11 Å². The fourth-order valence-electron chi connectivity index (χ4n) is 4.13. The number of aryl methyl sites for hydroxylation is 1. The van der Waals surface area contributed by atoms with Crippen LogP contribution in [0.3, 0.4) is 0 Å². The molecule has 3 aromatic rings. The summed E-state index contributed by atoms with van der Waals surface area (Å²) < 4.78 is 0. The van der Waals surface area contributed by atoms with Crippen LogP contribution in [0.15, 0.2) is 72.8 Å². The van der Waals surface area contributed by atoms with E-state index >= 15 is 0 Å². The average Bonchev–Trinajstić information content (AvgIpc) is 2.77. The van der Waals surface area contributed by atoms with Crippen LogP contribution in [-0.2, 0) is 17.6 Å². The van der Waals surface area contributed by atoms with Gasteiger partial charge >= 0.3 is 5.97 Å². The number of aliphatic carboxylic acids is 1. The summed E-state index contributed by atoms with van der Waals surface area (Å²) in [7, 11) is 0. The lowest BCUT2D eigenvalue weighted by Crippen LogP contribution is -2.36. The highest BCUT2D eigenvalue weighted by Crippen LogP contribution is 2.39. The predicted octanol–water partition coefficient (Wildman–Crippen LogP) is 5.20. The molecule has 0 saturated heterocycles. The lowest BCUT2D eigenvalue weighted by molar-refractivity contribution is -0.131. The van der Waals surface area contributed by atoms with E-state index in [1.54, 1.807) is 12.1 Å². The lowest BCUT2D eigenvalue weighted by Gasteiger charge is -2.39. The Morgan fingerprint density at radius 3 is 2.47 bits per heavy atom. The summed E-state index contributed by atoms with van der Waals surface area (Å²) in [4.78, 5) is 13.2. The van der Waals surface area contributed by atoms with Crippen molar-refractivity contribution in [1.82, 2.24) is 0 Å². The molecule has 0 aliphatic carbocycles. The van der Waals surface area contributed by atoms with E-state index in [9.17, 15) is 9.90 Å². The highest BCUT2D eigenvalue weighted by molar-refractivity contribution is 5.85. The number of hydrogen-bond donors (Lipinski definition) is 2. The number of carbonyl (C=O) groups is 1. The largest absolute Gasteiger partial charge is 0.508 e. The number of carboxylic acid groups (broad SMARTS) is 1. The standard InChI is InChI=1S/C26H25NO3/c1-2-18-5-10-22(11-6-18)27-16-15-21-17-23(28)12-13-24(21)26(27)20-8-3-19(4-9-20)7-14-25(29)30/h3-14,17,26,28H,2,15-16H2,1H3,(H,29,30)/b14-7+. The first kappa shape index (κ1) is 19.8. The quantitative estimate of drug-likeness (QED) is 0.579. The molecule has 4 nitrogen and oxygen atoms in total. The maximum atomic E-state index is 10.8. The van der Waals surface area contributed by atoms with Crippen molar-refractivity contribution in [2.24, 2.45) is 0 Å². The smallest absolute Gasteiger partial charge is 0.328 e. The van der Waals surface area contributed by atoms with E-state index in [1.807, 2.05) is 24.3 Å². The van der Waals surface area contributed by atoms with Gasteiger partial charge in [0.15, 0.2) is 0 Å². The molecule has 4 rings (SSSR count). The summed E-state index contributed by atoms with van der Waals surface area (Å²) in [6.07, 6.45) is 4.63. The molecule has 1 unspecified atom stereocenters. The van der Waals surface area contributed by atoms with Gasteiger partial charge in [0.05, 0.1) is 6.04 Å². The van der Waals surface area contributed by atoms with Crippen molar-refractivity contribution in [2.45, 2.75) is 25.8 Å². The normalized spacial score (nSPS) is 15.9. The van der Waals surface area contributed by atoms with Gasteiger partial charge in [0, 0.05) is 18.3 Å². The molecule has 4 heteroatoms. The predicted molar refractivity (Wildman–Crippen MR) is 120 cm³/mol. The molecule has 1 aliphatic rings. The van der Waals surface area contributed by atoms with Crippen LogP contribution in [0, 0.1) is 0 Å². The summed E-state index contributed by atoms with van der Waals surface area (Å²) in [5.41, 5.74) is 6.82. The van der Waals surface area contributed by atoms with Crippen molar-refractivity contribution in [3.05, 3.63) is 101 Å². The van der Waals surface area contributed by atoms with Gasteiger partial charge in [-0.2, -0.15) is 0 Å². The number of carboxylic acids is 1. The monoisotopic (exact) mass is 399 g/mol. The van der Waals surface area contributed by atoms with Gasteiger partial charge in [-0.15, -0.1) is 0 Å². The third kappa shape index (κ3) is 4.08. The molecule has 3 aromatic carbocycles. The number of phenolic OH excluding ortho intramolecular Hbond substituents is 1. The Morgan fingerprint density at radius 2 is 1.80 bits per heavy atom. The van der Waals surface area contributed by atoms with Crippen LogP contribution in [0.4, 0.5) is 5.69 Å². The Bertz CT molecular complexity index is 1070. The summed E-state index contributed by atoms with van der Waals surface area (Å²) >= 11 is 0. The summed E-state index contributed by atoms with van der Waals surface area (Å²) in [5, 5.41) is 18.8. The first-order valence-corrected chi connectivity index (χ1v) is 10.2. The van der Waals surface area contributed by atoms with Crippen molar-refractivity contribution in [3.8, 4) is 5.75 Å². The molecule has 0 spiro atoms. The van der Waals surface area contributed by atoms with Crippen molar-refractivity contribution in [3.63, 3.8) is 0 Å². The van der Waals surface area contributed by atoms with E-state index in [1.165, 1.54) is 16.8 Å². The Morgan fingerprint density at radius 1 is 1.07 bits per heavy atom. The first-order valence-electron chi connectivity index (χ1n) is 10.2. The second-order valence-corrected chi connectivity index (χ2v) is 7.59. The number of hydrogen-bond acceptors (Lipinski definition) is 3. The van der Waals surface area contributed by atoms with Gasteiger partial charge < -0.3 is 15.1 Å². The minimum absolute atomic E-state index is 0.0272. The maximum Gasteiger partial charge on any atom is 0.328 e. The van der Waals surface area contributed by atoms with Crippen LogP contribution in [0.2, 0.25) is 0 Å². The summed E-state index contributed by atoms with van der Waals surface area (Å²) in [5.74, 6) is -0.663. The second-order valence-electron chi connectivity index (χ2n) is 7.59. The second kappa shape index (κ2) is 8.46. The number of benzene rings is 3. The molecule has 2 N–H and O–H groups in total. The zero-order valence-electron chi connectivity index (χ0n) is 17.0. The van der Waals surface area contributed by atoms with Crippen LogP contribution < -0.4 is 4.90 Å². The van der Waals surface area contributed by atoms with E-state index in [-0.39, 0.29) is 6.04 Å². The number of phenols is 1. The van der Waals surface area contributed by atoms with Gasteiger partial charge in [0.25, 0.3) is 0 Å². The highest BCUT2D eigenvalue weighted by Gasteiger charge is 2.29. The van der Waals surface area contributed by atoms with Gasteiger partial charge in [-0.1, -0.05) is 49.4 Å². The van der Waals surface area contributed by atoms with Crippen LogP contribution in [0.1, 0.15) is 40.8 Å². The maximum absolute atomic E-state index is 10.8. The zero-order chi connectivity index (χ0) is 21.1. The van der Waals surface area contributed by atoms with Crippen LogP contribution in [0.5, 0.6) is 5.75 Å². The van der Waals surface area contributed by atoms with E-state index in [2.05, 4.69) is 48.2 Å². The van der Waals surface area contributed by atoms with Crippen LogP contribution in [0.25, 0.3) is 6.08 Å². The molecule has 0 bridgehead atoms. The van der Waals surface area contributed by atoms with Gasteiger partial charge in [-0.3, -0.25) is 0 Å². The SMILES string of the molecule is CCc1ccc(N2CCc3cc(O)ccc3C2c2ccc(/C=C/C(=O)O)cc2)cc1. The molecular formula is C26H25NO3. The molecule has 0 amide bonds. The summed E-state index contributed by atoms with van der Waals surface area (Å²) in [6, 6.07) is 22.4. The minimum atomic E-state index is -0.957. The van der Waals surface area contributed by atoms with Crippen LogP contribution in [-0.4, -0.2) is 22.7 Å². The van der Waals surface area contributed by atoms with Gasteiger partial charge in [0.1, 0.15) is 5.75 Å².